The average molecular weight is 719 g/mol. The van der Waals surface area contributed by atoms with Crippen LogP contribution < -0.4 is 9.47 Å². The predicted molar refractivity (Wildman–Crippen MR) is 157 cm³/mol. The monoisotopic (exact) mass is 717 g/mol. The first-order valence-electron chi connectivity index (χ1n) is 10.8. The molecule has 1 heterocycles. The molecule has 4 rings (SSSR count). The Kier molecular flexibility index (Phi) is 9.27. The van der Waals surface area contributed by atoms with E-state index in [1.54, 1.807) is 24.3 Å². The van der Waals surface area contributed by atoms with E-state index in [-0.39, 0.29) is 24.3 Å². The molecule has 0 unspecified atom stereocenters. The van der Waals surface area contributed by atoms with Crippen LogP contribution in [-0.2, 0) is 17.9 Å². The molecule has 0 spiro atoms. The second kappa shape index (κ2) is 12.2. The molecule has 0 saturated carbocycles. The molecule has 1 saturated heterocycles. The summed E-state index contributed by atoms with van der Waals surface area (Å²) in [6.45, 7) is 2.78. The van der Waals surface area contributed by atoms with E-state index in [0.29, 0.717) is 43.1 Å². The minimum Gasteiger partial charge on any atom is -0.490 e. The number of amides is 2. The summed E-state index contributed by atoms with van der Waals surface area (Å²) in [6, 6.07) is 16.6. The highest BCUT2D eigenvalue weighted by Crippen LogP contribution is 2.40. The van der Waals surface area contributed by atoms with Crippen molar-refractivity contribution in [2.24, 2.45) is 0 Å². The Balaban J connectivity index is 1.54. The van der Waals surface area contributed by atoms with Crippen LogP contribution in [0.2, 0.25) is 10.0 Å². The number of benzene rings is 3. The maximum Gasteiger partial charge on any atom is 0.293 e. The van der Waals surface area contributed by atoms with Crippen LogP contribution in [0.4, 0.5) is 4.79 Å². The minimum atomic E-state index is -0.322. The van der Waals surface area contributed by atoms with Crippen molar-refractivity contribution in [2.75, 3.05) is 6.61 Å². The van der Waals surface area contributed by atoms with E-state index < -0.39 is 0 Å². The topological polar surface area (TPSA) is 55.8 Å². The van der Waals surface area contributed by atoms with Gasteiger partial charge in [0.15, 0.2) is 11.5 Å². The first-order valence-corrected chi connectivity index (χ1v) is 14.2. The van der Waals surface area contributed by atoms with Crippen molar-refractivity contribution in [1.82, 2.24) is 4.90 Å². The largest absolute Gasteiger partial charge is 0.490 e. The van der Waals surface area contributed by atoms with Gasteiger partial charge in [-0.3, -0.25) is 14.5 Å². The molecule has 0 bridgehead atoms. The number of imide groups is 1. The highest BCUT2D eigenvalue weighted by atomic mass is 127. The van der Waals surface area contributed by atoms with E-state index in [1.807, 2.05) is 43.3 Å². The lowest BCUT2D eigenvalue weighted by molar-refractivity contribution is -0.123. The number of carbonyl (C=O) groups excluding carboxylic acids is 2. The molecule has 0 aliphatic carbocycles. The highest BCUT2D eigenvalue weighted by Gasteiger charge is 2.35. The van der Waals surface area contributed by atoms with Crippen LogP contribution in [0.5, 0.6) is 11.5 Å². The van der Waals surface area contributed by atoms with Gasteiger partial charge in [-0.15, -0.1) is 0 Å². The van der Waals surface area contributed by atoms with Gasteiger partial charge < -0.3 is 9.47 Å². The number of rotatable bonds is 8. The third-order valence-corrected chi connectivity index (χ3v) is 8.08. The Labute approximate surface area is 245 Å². The second-order valence-corrected chi connectivity index (χ2v) is 11.6. The molecule has 3 aromatic rings. The molecular formula is C26H19BrCl2INO4S. The van der Waals surface area contributed by atoms with Crippen molar-refractivity contribution in [1.29, 1.82) is 0 Å². The molecule has 5 nitrogen and oxygen atoms in total. The van der Waals surface area contributed by atoms with Crippen LogP contribution in [0.25, 0.3) is 6.08 Å². The Bertz CT molecular complexity index is 1350. The number of carbonyl (C=O) groups is 2. The van der Waals surface area contributed by atoms with Gasteiger partial charge in [0.25, 0.3) is 11.1 Å². The minimum absolute atomic E-state index is 0.230. The standard InChI is InChI=1S/C26H19BrCl2INO4S/c1-2-34-22-11-17(9-19(27)24(22)35-14-16-5-8-20(28)21(29)10-16)12-23-25(32)31(26(33)36-23)13-15-3-6-18(30)7-4-15/h3-12H,2,13-14H2,1H3/b23-12+. The van der Waals surface area contributed by atoms with Gasteiger partial charge in [0, 0.05) is 3.57 Å². The van der Waals surface area contributed by atoms with E-state index in [2.05, 4.69) is 38.5 Å². The first kappa shape index (κ1) is 27.3. The van der Waals surface area contributed by atoms with Crippen molar-refractivity contribution in [3.05, 3.63) is 94.3 Å². The highest BCUT2D eigenvalue weighted by molar-refractivity contribution is 14.1. The third kappa shape index (κ3) is 6.58. The van der Waals surface area contributed by atoms with Crippen LogP contribution in [0.15, 0.2) is 64.0 Å². The summed E-state index contributed by atoms with van der Waals surface area (Å²) in [6.07, 6.45) is 1.69. The van der Waals surface area contributed by atoms with Gasteiger partial charge >= 0.3 is 0 Å². The fourth-order valence-electron chi connectivity index (χ4n) is 3.42. The molecular weight excluding hydrogens is 700 g/mol. The lowest BCUT2D eigenvalue weighted by atomic mass is 10.1. The van der Waals surface area contributed by atoms with Gasteiger partial charge in [-0.25, -0.2) is 0 Å². The summed E-state index contributed by atoms with van der Waals surface area (Å²) in [5.74, 6) is 0.709. The number of hydrogen-bond acceptors (Lipinski definition) is 5. The van der Waals surface area contributed by atoms with Gasteiger partial charge in [-0.05, 0) is 116 Å². The van der Waals surface area contributed by atoms with Crippen molar-refractivity contribution in [3.8, 4) is 11.5 Å². The van der Waals surface area contributed by atoms with E-state index in [0.717, 1.165) is 26.5 Å². The number of nitrogens with zero attached hydrogens (tertiary/aromatic N) is 1. The van der Waals surface area contributed by atoms with Crippen molar-refractivity contribution >= 4 is 90.7 Å². The lowest BCUT2D eigenvalue weighted by Crippen LogP contribution is -2.27. The first-order chi connectivity index (χ1) is 17.2. The van der Waals surface area contributed by atoms with E-state index in [4.69, 9.17) is 32.7 Å². The Morgan fingerprint density at radius 3 is 2.42 bits per heavy atom. The molecule has 186 valence electrons. The van der Waals surface area contributed by atoms with Gasteiger partial charge in [0.1, 0.15) is 6.61 Å². The van der Waals surface area contributed by atoms with Crippen LogP contribution >= 0.6 is 73.5 Å². The van der Waals surface area contributed by atoms with E-state index in [9.17, 15) is 9.59 Å². The van der Waals surface area contributed by atoms with Gasteiger partial charge in [0.05, 0.1) is 32.6 Å². The maximum absolute atomic E-state index is 13.0. The van der Waals surface area contributed by atoms with Gasteiger partial charge in [-0.2, -0.15) is 0 Å². The number of thioether (sulfide) groups is 1. The summed E-state index contributed by atoms with van der Waals surface area (Å²) in [5.41, 5.74) is 2.44. The smallest absolute Gasteiger partial charge is 0.293 e. The zero-order valence-corrected chi connectivity index (χ0v) is 25.0. The van der Waals surface area contributed by atoms with Crippen LogP contribution in [-0.4, -0.2) is 22.7 Å². The lowest BCUT2D eigenvalue weighted by Gasteiger charge is -2.15. The molecule has 0 radical (unpaired) electrons. The summed E-state index contributed by atoms with van der Waals surface area (Å²) in [7, 11) is 0. The van der Waals surface area contributed by atoms with Gasteiger partial charge in [0.2, 0.25) is 0 Å². The van der Waals surface area contributed by atoms with Crippen molar-refractivity contribution in [2.45, 2.75) is 20.1 Å². The number of ether oxygens (including phenoxy) is 2. The van der Waals surface area contributed by atoms with E-state index in [1.165, 1.54) is 4.90 Å². The Morgan fingerprint density at radius 2 is 1.72 bits per heavy atom. The fourth-order valence-corrected chi connectivity index (χ4v) is 5.51. The number of halogens is 4. The van der Waals surface area contributed by atoms with E-state index >= 15 is 0 Å². The molecule has 2 amide bonds. The molecule has 0 N–H and O–H groups in total. The second-order valence-electron chi connectivity index (χ2n) is 7.69. The van der Waals surface area contributed by atoms with Crippen LogP contribution in [0.3, 0.4) is 0 Å². The van der Waals surface area contributed by atoms with Crippen molar-refractivity contribution in [3.63, 3.8) is 0 Å². The quantitative estimate of drug-likeness (QED) is 0.173. The van der Waals surface area contributed by atoms with Crippen LogP contribution in [0, 0.1) is 3.57 Å². The number of hydrogen-bond donors (Lipinski definition) is 0. The summed E-state index contributed by atoms with van der Waals surface area (Å²) >= 11 is 18.8. The maximum atomic E-state index is 13.0. The Hall–Kier alpha value is -1.72. The summed E-state index contributed by atoms with van der Waals surface area (Å²) in [4.78, 5) is 27.2. The normalized spacial score (nSPS) is 14.6. The molecule has 0 aromatic heterocycles. The van der Waals surface area contributed by atoms with Crippen LogP contribution in [0.1, 0.15) is 23.6 Å². The van der Waals surface area contributed by atoms with Crippen molar-refractivity contribution < 1.29 is 19.1 Å². The molecule has 1 aliphatic heterocycles. The summed E-state index contributed by atoms with van der Waals surface area (Å²) in [5, 5.41) is 0.632. The molecule has 3 aromatic carbocycles. The molecule has 1 aliphatic rings. The molecule has 1 fully saturated rings. The zero-order valence-electron chi connectivity index (χ0n) is 18.9. The predicted octanol–water partition coefficient (Wildman–Crippen LogP) is 8.57. The fraction of sp³-hybridized carbons (Fsp3) is 0.154. The zero-order chi connectivity index (χ0) is 25.8. The molecule has 10 heteroatoms. The Morgan fingerprint density at radius 1 is 1.00 bits per heavy atom. The van der Waals surface area contributed by atoms with Gasteiger partial charge in [-0.1, -0.05) is 41.4 Å². The summed E-state index contributed by atoms with van der Waals surface area (Å²) < 4.78 is 13.6. The molecule has 36 heavy (non-hydrogen) atoms. The molecule has 0 atom stereocenters. The average Bonchev–Trinajstić information content (AvgIpc) is 3.09. The SMILES string of the molecule is CCOc1cc(/C=C2/SC(=O)N(Cc3ccc(I)cc3)C2=O)cc(Br)c1OCc1ccc(Cl)c(Cl)c1. The third-order valence-electron chi connectivity index (χ3n) is 5.12.